The molecule has 3 aromatic rings. The van der Waals surface area contributed by atoms with E-state index in [0.29, 0.717) is 11.4 Å². The van der Waals surface area contributed by atoms with Crippen LogP contribution in [0.15, 0.2) is 64.3 Å². The molecule has 0 radical (unpaired) electrons. The van der Waals surface area contributed by atoms with Gasteiger partial charge in [-0.25, -0.2) is 0 Å². The molecule has 1 heterocycles. The highest BCUT2D eigenvalue weighted by Gasteiger charge is 2.30. The van der Waals surface area contributed by atoms with E-state index in [-0.39, 0.29) is 17.0 Å². The molecule has 1 aromatic heterocycles. The summed E-state index contributed by atoms with van der Waals surface area (Å²) >= 11 is 1.17. The average Bonchev–Trinajstić information content (AvgIpc) is 2.66. The molecule has 146 valence electrons. The van der Waals surface area contributed by atoms with Gasteiger partial charge in [0.25, 0.3) is 5.56 Å². The van der Waals surface area contributed by atoms with Gasteiger partial charge in [-0.05, 0) is 31.2 Å². The Kier molecular flexibility index (Phi) is 5.79. The van der Waals surface area contributed by atoms with E-state index in [1.165, 1.54) is 30.0 Å². The van der Waals surface area contributed by atoms with Gasteiger partial charge in [0.1, 0.15) is 0 Å². The molecule has 0 saturated heterocycles. The number of hydrogen-bond acceptors (Lipinski definition) is 3. The Labute approximate surface area is 163 Å². The van der Waals surface area contributed by atoms with Crippen molar-refractivity contribution < 1.29 is 18.0 Å². The van der Waals surface area contributed by atoms with Crippen LogP contribution in [0.3, 0.4) is 0 Å². The van der Waals surface area contributed by atoms with Crippen LogP contribution in [0, 0.1) is 0 Å². The first-order chi connectivity index (χ1) is 13.3. The Morgan fingerprint density at radius 1 is 1.11 bits per heavy atom. The first-order valence-corrected chi connectivity index (χ1v) is 9.50. The fraction of sp³-hybridized carbons (Fsp3) is 0.200. The molecule has 0 atom stereocenters. The molecule has 2 aromatic carbocycles. The van der Waals surface area contributed by atoms with E-state index < -0.39 is 17.6 Å². The maximum Gasteiger partial charge on any atom is 0.416 e. The number of carbonyl (C=O) groups excluding carboxylic acids is 1. The zero-order valence-corrected chi connectivity index (χ0v) is 15.7. The third-order valence-electron chi connectivity index (χ3n) is 4.13. The molecule has 4 nitrogen and oxygen atoms in total. The molecule has 28 heavy (non-hydrogen) atoms. The molecule has 0 unspecified atom stereocenters. The maximum absolute atomic E-state index is 12.8. The summed E-state index contributed by atoms with van der Waals surface area (Å²) in [6.45, 7) is 2.41. The zero-order valence-electron chi connectivity index (χ0n) is 14.9. The van der Waals surface area contributed by atoms with Crippen LogP contribution in [0.4, 0.5) is 18.9 Å². The minimum atomic E-state index is -4.47. The van der Waals surface area contributed by atoms with E-state index in [4.69, 9.17) is 0 Å². The summed E-state index contributed by atoms with van der Waals surface area (Å²) in [5.74, 6) is -0.483. The lowest BCUT2D eigenvalue weighted by Crippen LogP contribution is -2.19. The van der Waals surface area contributed by atoms with Gasteiger partial charge >= 0.3 is 6.18 Å². The van der Waals surface area contributed by atoms with E-state index in [2.05, 4.69) is 5.32 Å². The van der Waals surface area contributed by atoms with Crippen LogP contribution in [0.1, 0.15) is 12.5 Å². The van der Waals surface area contributed by atoms with E-state index in [0.717, 1.165) is 23.0 Å². The quantitative estimate of drug-likeness (QED) is 0.621. The van der Waals surface area contributed by atoms with Crippen molar-refractivity contribution in [2.75, 3.05) is 11.1 Å². The van der Waals surface area contributed by atoms with Crippen LogP contribution >= 0.6 is 11.8 Å². The predicted octanol–water partition coefficient (Wildman–Crippen LogP) is 4.77. The number of nitrogens with zero attached hydrogens (tertiary/aromatic N) is 1. The number of fused-ring (bicyclic) bond motifs is 1. The topological polar surface area (TPSA) is 51.1 Å². The number of aryl methyl sites for hydroxylation is 1. The number of anilines is 1. The third-order valence-corrected chi connectivity index (χ3v) is 5.18. The van der Waals surface area contributed by atoms with Crippen molar-refractivity contribution in [1.29, 1.82) is 0 Å². The van der Waals surface area contributed by atoms with Crippen molar-refractivity contribution in [2.24, 2.45) is 0 Å². The molecule has 0 spiro atoms. The average molecular weight is 406 g/mol. The Morgan fingerprint density at radius 3 is 2.57 bits per heavy atom. The van der Waals surface area contributed by atoms with Crippen molar-refractivity contribution in [3.8, 4) is 0 Å². The monoisotopic (exact) mass is 406 g/mol. The predicted molar refractivity (Wildman–Crippen MR) is 105 cm³/mol. The van der Waals surface area contributed by atoms with Crippen LogP contribution in [-0.2, 0) is 17.5 Å². The van der Waals surface area contributed by atoms with Crippen molar-refractivity contribution >= 4 is 34.3 Å². The molecule has 0 aliphatic rings. The zero-order chi connectivity index (χ0) is 20.3. The molecule has 0 saturated carbocycles. The molecule has 8 heteroatoms. The lowest BCUT2D eigenvalue weighted by molar-refractivity contribution is -0.137. The number of thioether (sulfide) groups is 1. The highest BCUT2D eigenvalue weighted by molar-refractivity contribution is 8.00. The number of amides is 1. The van der Waals surface area contributed by atoms with Crippen LogP contribution in [0.5, 0.6) is 0 Å². The number of rotatable bonds is 5. The Morgan fingerprint density at radius 2 is 1.86 bits per heavy atom. The lowest BCUT2D eigenvalue weighted by Gasteiger charge is -2.12. The van der Waals surface area contributed by atoms with Gasteiger partial charge in [0.2, 0.25) is 5.91 Å². The highest BCUT2D eigenvalue weighted by Crippen LogP contribution is 2.31. The van der Waals surface area contributed by atoms with Crippen LogP contribution in [0.25, 0.3) is 10.9 Å². The Hall–Kier alpha value is -2.74. The first-order valence-electron chi connectivity index (χ1n) is 8.52. The van der Waals surface area contributed by atoms with Gasteiger partial charge in [-0.1, -0.05) is 24.3 Å². The number of hydrogen-bond donors (Lipinski definition) is 1. The molecule has 1 amide bonds. The molecule has 0 aliphatic carbocycles. The first kappa shape index (κ1) is 20.0. The van der Waals surface area contributed by atoms with Crippen LogP contribution < -0.4 is 10.9 Å². The minimum Gasteiger partial charge on any atom is -0.325 e. The summed E-state index contributed by atoms with van der Waals surface area (Å²) in [6, 6.07) is 13.3. The second-order valence-corrected chi connectivity index (χ2v) is 7.04. The van der Waals surface area contributed by atoms with Gasteiger partial charge < -0.3 is 9.88 Å². The maximum atomic E-state index is 12.8. The van der Waals surface area contributed by atoms with Crippen molar-refractivity contribution in [3.05, 3.63) is 70.5 Å². The van der Waals surface area contributed by atoms with E-state index in [9.17, 15) is 22.8 Å². The van der Waals surface area contributed by atoms with Crippen molar-refractivity contribution in [3.63, 3.8) is 0 Å². The number of nitrogens with one attached hydrogen (secondary N) is 1. The van der Waals surface area contributed by atoms with Gasteiger partial charge in [0, 0.05) is 28.6 Å². The van der Waals surface area contributed by atoms with Gasteiger partial charge in [0.15, 0.2) is 0 Å². The number of carbonyl (C=O) groups is 1. The fourth-order valence-corrected chi connectivity index (χ4v) is 3.73. The molecule has 0 aliphatic heterocycles. The van der Waals surface area contributed by atoms with Crippen molar-refractivity contribution in [1.82, 2.24) is 4.57 Å². The standard InChI is InChI=1S/C20H17F3N2O2S/c1-2-25-16-9-4-3-8-15(16)17(11-19(25)27)28-12-18(26)24-14-7-5-6-13(10-14)20(21,22)23/h3-11H,2,12H2,1H3,(H,24,26). The van der Waals surface area contributed by atoms with Crippen LogP contribution in [0.2, 0.25) is 0 Å². The molecule has 3 rings (SSSR count). The summed E-state index contributed by atoms with van der Waals surface area (Å²) in [4.78, 5) is 25.1. The molecular formula is C20H17F3N2O2S. The van der Waals surface area contributed by atoms with E-state index >= 15 is 0 Å². The number of aromatic nitrogens is 1. The summed E-state index contributed by atoms with van der Waals surface area (Å²) in [7, 11) is 0. The third kappa shape index (κ3) is 4.39. The number of alkyl halides is 3. The second-order valence-electron chi connectivity index (χ2n) is 6.02. The lowest BCUT2D eigenvalue weighted by atomic mass is 10.2. The van der Waals surface area contributed by atoms with Gasteiger partial charge in [0.05, 0.1) is 16.8 Å². The van der Waals surface area contributed by atoms with Crippen molar-refractivity contribution in [2.45, 2.75) is 24.5 Å². The number of benzene rings is 2. The summed E-state index contributed by atoms with van der Waals surface area (Å²) < 4.78 is 40.0. The highest BCUT2D eigenvalue weighted by atomic mass is 32.2. The second kappa shape index (κ2) is 8.10. The molecular weight excluding hydrogens is 389 g/mol. The molecule has 0 fully saturated rings. The number of halogens is 3. The van der Waals surface area contributed by atoms with Gasteiger partial charge in [-0.15, -0.1) is 11.8 Å². The fourth-order valence-electron chi connectivity index (χ4n) is 2.86. The molecule has 1 N–H and O–H groups in total. The van der Waals surface area contributed by atoms with Crippen LogP contribution in [-0.4, -0.2) is 16.2 Å². The van der Waals surface area contributed by atoms with Gasteiger partial charge in [-0.2, -0.15) is 13.2 Å². The largest absolute Gasteiger partial charge is 0.416 e. The summed E-state index contributed by atoms with van der Waals surface area (Å²) in [6.07, 6.45) is -4.47. The van der Waals surface area contributed by atoms with E-state index in [1.54, 1.807) is 4.57 Å². The minimum absolute atomic E-state index is 0.0319. The number of para-hydroxylation sites is 1. The Bertz CT molecular complexity index is 1080. The van der Waals surface area contributed by atoms with E-state index in [1.807, 2.05) is 31.2 Å². The summed E-state index contributed by atoms with van der Waals surface area (Å²) in [5, 5.41) is 3.31. The number of pyridine rings is 1. The molecule has 0 bridgehead atoms. The smallest absolute Gasteiger partial charge is 0.325 e. The van der Waals surface area contributed by atoms with Gasteiger partial charge in [-0.3, -0.25) is 9.59 Å². The summed E-state index contributed by atoms with van der Waals surface area (Å²) in [5.41, 5.74) is -0.140. The Balaban J connectivity index is 1.76. The SMILES string of the molecule is CCn1c(=O)cc(SCC(=O)Nc2cccc(C(F)(F)F)c2)c2ccccc21. The normalized spacial score (nSPS) is 11.6.